The fourth-order valence-corrected chi connectivity index (χ4v) is 7.02. The quantitative estimate of drug-likeness (QED) is 0.183. The topological polar surface area (TPSA) is 21.7 Å². The molecule has 0 saturated carbocycles. The van der Waals surface area contributed by atoms with Crippen molar-refractivity contribution in [3.05, 3.63) is 115 Å². The number of benzene rings is 4. The first-order chi connectivity index (χ1) is 16.8. The Morgan fingerprint density at radius 3 is 1.74 bits per heavy atom. The SMILES string of the molecule is COc1ccc(N2C[C@@H](Oc3ccccc3)[C@H]2C(Sc2ccccc2)Sc2ccccc2)cc1. The lowest BCUT2D eigenvalue weighted by Crippen LogP contribution is -2.66. The number of anilines is 1. The molecular weight excluding hydrogens is 458 g/mol. The van der Waals surface area contributed by atoms with Crippen LogP contribution in [0.5, 0.6) is 11.5 Å². The molecule has 0 N–H and O–H groups in total. The van der Waals surface area contributed by atoms with Crippen LogP contribution in [0.25, 0.3) is 0 Å². The Labute approximate surface area is 210 Å². The molecule has 0 bridgehead atoms. The Kier molecular flexibility index (Phi) is 7.32. The highest BCUT2D eigenvalue weighted by atomic mass is 32.2. The van der Waals surface area contributed by atoms with Crippen LogP contribution in [0.3, 0.4) is 0 Å². The Hall–Kier alpha value is -3.02. The van der Waals surface area contributed by atoms with Crippen LogP contribution in [0.15, 0.2) is 125 Å². The molecule has 0 radical (unpaired) electrons. The van der Waals surface area contributed by atoms with Crippen molar-refractivity contribution in [3.8, 4) is 11.5 Å². The van der Waals surface area contributed by atoms with E-state index in [1.807, 2.05) is 66.0 Å². The smallest absolute Gasteiger partial charge is 0.138 e. The van der Waals surface area contributed by atoms with Crippen LogP contribution < -0.4 is 14.4 Å². The summed E-state index contributed by atoms with van der Waals surface area (Å²) in [5.41, 5.74) is 1.19. The lowest BCUT2D eigenvalue weighted by atomic mass is 9.99. The van der Waals surface area contributed by atoms with E-state index in [1.165, 1.54) is 15.5 Å². The number of thioether (sulfide) groups is 2. The highest BCUT2D eigenvalue weighted by molar-refractivity contribution is 8.17. The summed E-state index contributed by atoms with van der Waals surface area (Å²) in [7, 11) is 1.70. The summed E-state index contributed by atoms with van der Waals surface area (Å²) in [6.07, 6.45) is 0.0851. The molecule has 5 rings (SSSR count). The molecule has 0 spiro atoms. The molecule has 0 unspecified atom stereocenters. The molecule has 1 fully saturated rings. The fraction of sp³-hybridized carbons (Fsp3) is 0.172. The van der Waals surface area contributed by atoms with Gasteiger partial charge in [-0.25, -0.2) is 0 Å². The zero-order chi connectivity index (χ0) is 23.2. The second-order valence-electron chi connectivity index (χ2n) is 8.04. The largest absolute Gasteiger partial charge is 0.497 e. The molecule has 1 aliphatic heterocycles. The van der Waals surface area contributed by atoms with E-state index < -0.39 is 0 Å². The maximum Gasteiger partial charge on any atom is 0.138 e. The zero-order valence-electron chi connectivity index (χ0n) is 19.0. The van der Waals surface area contributed by atoms with Crippen molar-refractivity contribution < 1.29 is 9.47 Å². The molecule has 1 heterocycles. The van der Waals surface area contributed by atoms with E-state index in [0.717, 1.165) is 18.0 Å². The van der Waals surface area contributed by atoms with Crippen molar-refractivity contribution in [2.75, 3.05) is 18.6 Å². The molecule has 0 aromatic heterocycles. The van der Waals surface area contributed by atoms with Crippen molar-refractivity contribution in [1.82, 2.24) is 0 Å². The van der Waals surface area contributed by atoms with E-state index in [-0.39, 0.29) is 16.7 Å². The van der Waals surface area contributed by atoms with Gasteiger partial charge in [0.25, 0.3) is 0 Å². The third-order valence-corrected chi connectivity index (χ3v) is 8.51. The van der Waals surface area contributed by atoms with E-state index in [1.54, 1.807) is 7.11 Å². The molecule has 34 heavy (non-hydrogen) atoms. The third kappa shape index (κ3) is 5.37. The lowest BCUT2D eigenvalue weighted by Gasteiger charge is -2.51. The van der Waals surface area contributed by atoms with Gasteiger partial charge in [-0.3, -0.25) is 0 Å². The van der Waals surface area contributed by atoms with E-state index in [2.05, 4.69) is 77.7 Å². The average molecular weight is 486 g/mol. The Bertz CT molecular complexity index is 1120. The third-order valence-electron chi connectivity index (χ3n) is 5.82. The standard InChI is InChI=1S/C29H27NO2S2/c1-31-23-19-17-22(18-20-23)30-21-27(32-24-11-5-2-6-12-24)28(30)29(33-25-13-7-3-8-14-25)34-26-15-9-4-10-16-26/h2-20,27-29H,21H2,1H3/t27-,28+/m1/s1. The fourth-order valence-electron chi connectivity index (χ4n) is 4.07. The average Bonchev–Trinajstić information content (AvgIpc) is 2.88. The highest BCUT2D eigenvalue weighted by Crippen LogP contribution is 2.45. The van der Waals surface area contributed by atoms with Gasteiger partial charge in [0.05, 0.1) is 24.3 Å². The number of ether oxygens (including phenoxy) is 2. The highest BCUT2D eigenvalue weighted by Gasteiger charge is 2.46. The monoisotopic (exact) mass is 485 g/mol. The van der Waals surface area contributed by atoms with Gasteiger partial charge < -0.3 is 14.4 Å². The molecule has 1 aliphatic rings. The number of para-hydroxylation sites is 1. The van der Waals surface area contributed by atoms with Crippen LogP contribution in [-0.2, 0) is 0 Å². The van der Waals surface area contributed by atoms with Gasteiger partial charge in [-0.1, -0.05) is 54.6 Å². The molecule has 2 atom stereocenters. The predicted octanol–water partition coefficient (Wildman–Crippen LogP) is 7.24. The summed E-state index contributed by atoms with van der Waals surface area (Å²) in [5, 5.41) is 0. The van der Waals surface area contributed by atoms with Crippen molar-refractivity contribution in [2.45, 2.75) is 26.5 Å². The van der Waals surface area contributed by atoms with Gasteiger partial charge in [-0.15, -0.1) is 23.5 Å². The molecule has 4 aromatic rings. The normalized spacial score (nSPS) is 17.3. The second-order valence-corrected chi connectivity index (χ2v) is 10.8. The predicted molar refractivity (Wildman–Crippen MR) is 143 cm³/mol. The van der Waals surface area contributed by atoms with Gasteiger partial charge in [0.1, 0.15) is 17.6 Å². The van der Waals surface area contributed by atoms with Crippen molar-refractivity contribution in [1.29, 1.82) is 0 Å². The first kappa shape index (κ1) is 22.8. The summed E-state index contributed by atoms with van der Waals surface area (Å²) in [5.74, 6) is 1.78. The van der Waals surface area contributed by atoms with Gasteiger partial charge in [0.15, 0.2) is 0 Å². The molecule has 4 aromatic carbocycles. The molecular formula is C29H27NO2S2. The van der Waals surface area contributed by atoms with Gasteiger partial charge in [0, 0.05) is 15.5 Å². The van der Waals surface area contributed by atoms with Gasteiger partial charge >= 0.3 is 0 Å². The van der Waals surface area contributed by atoms with Crippen molar-refractivity contribution in [2.24, 2.45) is 0 Å². The first-order valence-corrected chi connectivity index (χ1v) is 13.1. The summed E-state index contributed by atoms with van der Waals surface area (Å²) >= 11 is 3.81. The van der Waals surface area contributed by atoms with E-state index in [9.17, 15) is 0 Å². The second kappa shape index (κ2) is 10.9. The van der Waals surface area contributed by atoms with Crippen LogP contribution in [0.2, 0.25) is 0 Å². The van der Waals surface area contributed by atoms with Crippen molar-refractivity contribution >= 4 is 29.2 Å². The minimum absolute atomic E-state index is 0.0851. The van der Waals surface area contributed by atoms with Crippen LogP contribution in [0.4, 0.5) is 5.69 Å². The van der Waals surface area contributed by atoms with Crippen LogP contribution in [0.1, 0.15) is 0 Å². The van der Waals surface area contributed by atoms with Gasteiger partial charge in [-0.2, -0.15) is 0 Å². The maximum absolute atomic E-state index is 6.52. The maximum atomic E-state index is 6.52. The summed E-state index contributed by atoms with van der Waals surface area (Å²) in [6.45, 7) is 0.840. The van der Waals surface area contributed by atoms with Gasteiger partial charge in [-0.05, 0) is 60.7 Å². The van der Waals surface area contributed by atoms with Crippen molar-refractivity contribution in [3.63, 3.8) is 0 Å². The van der Waals surface area contributed by atoms with Crippen LogP contribution in [0, 0.1) is 0 Å². The minimum Gasteiger partial charge on any atom is -0.497 e. The van der Waals surface area contributed by atoms with E-state index in [4.69, 9.17) is 9.47 Å². The molecule has 5 heteroatoms. The summed E-state index contributed by atoms with van der Waals surface area (Å²) in [4.78, 5) is 4.98. The number of rotatable bonds is 9. The number of methoxy groups -OCH3 is 1. The van der Waals surface area contributed by atoms with E-state index in [0.29, 0.717) is 0 Å². The Morgan fingerprint density at radius 2 is 1.21 bits per heavy atom. The van der Waals surface area contributed by atoms with Gasteiger partial charge in [0.2, 0.25) is 0 Å². The Morgan fingerprint density at radius 1 is 0.676 bits per heavy atom. The minimum atomic E-state index is 0.0851. The summed E-state index contributed by atoms with van der Waals surface area (Å²) in [6, 6.07) is 40.0. The first-order valence-electron chi connectivity index (χ1n) is 11.4. The van der Waals surface area contributed by atoms with Crippen LogP contribution >= 0.6 is 23.5 Å². The molecule has 172 valence electrons. The van der Waals surface area contributed by atoms with E-state index >= 15 is 0 Å². The summed E-state index contributed by atoms with van der Waals surface area (Å²) < 4.78 is 12.1. The molecule has 0 aliphatic carbocycles. The van der Waals surface area contributed by atoms with Crippen LogP contribution in [-0.4, -0.2) is 30.4 Å². The number of hydrogen-bond donors (Lipinski definition) is 0. The Balaban J connectivity index is 1.47. The zero-order valence-corrected chi connectivity index (χ0v) is 20.6. The number of nitrogens with zero attached hydrogens (tertiary/aromatic N) is 1. The molecule has 1 saturated heterocycles. The number of hydrogen-bond acceptors (Lipinski definition) is 5. The lowest BCUT2D eigenvalue weighted by molar-refractivity contribution is 0.123. The molecule has 0 amide bonds. The molecule has 3 nitrogen and oxygen atoms in total.